The van der Waals surface area contributed by atoms with E-state index in [4.69, 9.17) is 52.8 Å². The number of amides is 3. The third-order valence-corrected chi connectivity index (χ3v) is 12.6. The number of allylic oxidation sites excluding steroid dienone is 7. The van der Waals surface area contributed by atoms with Crippen LogP contribution < -0.4 is 15.4 Å². The Morgan fingerprint density at radius 1 is 1.07 bits per heavy atom. The van der Waals surface area contributed by atoms with Gasteiger partial charge >= 0.3 is 12.1 Å². The summed E-state index contributed by atoms with van der Waals surface area (Å²) in [7, 11) is 3.80. The highest BCUT2D eigenvalue weighted by Gasteiger charge is 2.54. The normalized spacial score (nSPS) is 15.3. The van der Waals surface area contributed by atoms with Crippen molar-refractivity contribution in [1.82, 2.24) is 15.2 Å². The number of esters is 1. The van der Waals surface area contributed by atoms with E-state index in [1.165, 1.54) is 41.0 Å². The molecule has 20 heteroatoms. The van der Waals surface area contributed by atoms with Gasteiger partial charge in [0.2, 0.25) is 0 Å². The molecule has 3 amide bonds. The Kier molecular flexibility index (Phi) is 28.8. The molecule has 2 aliphatic heterocycles. The molecule has 4 N–H and O–H groups in total. The van der Waals surface area contributed by atoms with Crippen LogP contribution in [0.1, 0.15) is 105 Å². The van der Waals surface area contributed by atoms with Gasteiger partial charge in [0.15, 0.2) is 10.8 Å². The number of nitrogens with zero attached hydrogens (tertiary/aromatic N) is 3. The average Bonchev–Trinajstić information content (AvgIpc) is 3.71. The van der Waals surface area contributed by atoms with Gasteiger partial charge in [0.25, 0.3) is 11.8 Å². The zero-order chi connectivity index (χ0) is 54.9. The van der Waals surface area contributed by atoms with Crippen molar-refractivity contribution in [3.63, 3.8) is 0 Å². The molecule has 3 heterocycles. The van der Waals surface area contributed by atoms with Crippen molar-refractivity contribution in [3.8, 4) is 5.75 Å². The first-order valence-electron chi connectivity index (χ1n) is 22.8. The van der Waals surface area contributed by atoms with Gasteiger partial charge in [0.05, 0.1) is 7.11 Å². The number of carbonyl (C=O) groups excluding carboxylic acids is 4. The Labute approximate surface area is 442 Å². The Balaban J connectivity index is 0.000000753. The third-order valence-electron chi connectivity index (χ3n) is 9.71. The van der Waals surface area contributed by atoms with Crippen molar-refractivity contribution in [2.45, 2.75) is 113 Å². The molecule has 2 aliphatic rings. The summed E-state index contributed by atoms with van der Waals surface area (Å²) in [5.74, 6) is -1.06. The first-order chi connectivity index (χ1) is 34.2. The summed E-state index contributed by atoms with van der Waals surface area (Å²) in [5, 5.41) is 23.2. The molecule has 0 radical (unpaired) electrons. The Bertz CT molecular complexity index is 2480. The number of ether oxygens (including phenoxy) is 3. The van der Waals surface area contributed by atoms with Gasteiger partial charge in [-0.25, -0.2) is 19.0 Å². The molecule has 0 bridgehead atoms. The number of carbonyl (C=O) groups is 4. The van der Waals surface area contributed by atoms with Crippen molar-refractivity contribution >= 4 is 86.7 Å². The molecule has 1 fully saturated rings. The van der Waals surface area contributed by atoms with Gasteiger partial charge in [-0.15, -0.1) is 11.8 Å². The zero-order valence-electron chi connectivity index (χ0n) is 43.5. The van der Waals surface area contributed by atoms with E-state index in [0.29, 0.717) is 46.2 Å². The SMILES string of the molecule is C=C\C=C(C)/C(/C=C\C)=C\C.CC.CCC1=C(C(=O)OCc2ccc(OC)cc2)N2C(=O)[C@@H](NC(=O)/C(=N\OC)c3nc(NC(=O)OC(C)(C)C)sc3Cl)[C@H]2SC1.CCc1c(F)cc(C(C)=N)cc1Cl.CO. The topological polar surface area (TPSA) is 202 Å². The first kappa shape index (κ1) is 64.2. The van der Waals surface area contributed by atoms with Crippen LogP contribution in [0.15, 0.2) is 101 Å². The van der Waals surface area contributed by atoms with Gasteiger partial charge < -0.3 is 34.9 Å². The van der Waals surface area contributed by atoms with E-state index in [1.54, 1.807) is 65.1 Å². The van der Waals surface area contributed by atoms with Crippen LogP contribution in [-0.2, 0) is 41.7 Å². The van der Waals surface area contributed by atoms with E-state index in [9.17, 15) is 23.6 Å². The van der Waals surface area contributed by atoms with Gasteiger partial charge in [0.1, 0.15) is 58.0 Å². The Hall–Kier alpha value is -5.79. The molecule has 0 spiro atoms. The summed E-state index contributed by atoms with van der Waals surface area (Å²) in [6.07, 6.45) is 10.4. The van der Waals surface area contributed by atoms with Crippen molar-refractivity contribution in [2.24, 2.45) is 5.16 Å². The molecule has 5 rings (SSSR count). The summed E-state index contributed by atoms with van der Waals surface area (Å²) in [5.41, 5.74) is 4.51. The smallest absolute Gasteiger partial charge is 0.413 e. The van der Waals surface area contributed by atoms with Crippen LogP contribution in [0.4, 0.5) is 14.3 Å². The number of anilines is 1. The van der Waals surface area contributed by atoms with E-state index in [0.717, 1.165) is 29.6 Å². The Morgan fingerprint density at radius 2 is 1.71 bits per heavy atom. The lowest BCUT2D eigenvalue weighted by molar-refractivity contribution is -0.153. The minimum absolute atomic E-state index is 0.0132. The maximum Gasteiger partial charge on any atom is 0.413 e. The second kappa shape index (κ2) is 32.3. The standard InChI is InChI=1S/C28H32ClN5O8S2.C11H16.C10H11ClFN.C2H6.CH4O/c1-7-15-13-43-24-19(23(36)34(24)20(15)25(37)41-12-14-8-10-16(39-5)11-9-14)30-22(35)18(33-40-6)17-21(29)44-26(31-17)32-27(38)42-28(2,3)4;1-5-8-10(4)11(7-3)9-6-2;1-3-8-9(11)4-7(6(2)13)5-10(8)12;2*1-2/h8-11,19,24H,7,12-13H2,1-6H3,(H,30,35)(H,31,32,38);5-9H,1H2,2-4H3;4-5,13H,3H2,1-2H3;1-2H3;2H,1H3/b33-18-;9-6-,10-8-,11-7-;;;/t19-,24-;;;;/m1..../s1. The first-order valence-corrected chi connectivity index (χ1v) is 25.4. The quantitative estimate of drug-likeness (QED) is 0.0371. The van der Waals surface area contributed by atoms with Crippen LogP contribution in [0.2, 0.25) is 9.36 Å². The highest BCUT2D eigenvalue weighted by molar-refractivity contribution is 8.00. The van der Waals surface area contributed by atoms with Crippen LogP contribution in [0.3, 0.4) is 0 Å². The van der Waals surface area contributed by atoms with E-state index < -0.39 is 40.9 Å². The van der Waals surface area contributed by atoms with Gasteiger partial charge in [-0.3, -0.25) is 19.8 Å². The number of β-lactam (4-membered cyclic amide) rings is 1. The summed E-state index contributed by atoms with van der Waals surface area (Å²) in [4.78, 5) is 62.5. The molecule has 1 aromatic heterocycles. The fourth-order valence-corrected chi connectivity index (χ4v) is 9.15. The zero-order valence-corrected chi connectivity index (χ0v) is 46.7. The number of aromatic nitrogens is 1. The summed E-state index contributed by atoms with van der Waals surface area (Å²) in [6, 6.07) is 9.11. The van der Waals surface area contributed by atoms with Crippen LogP contribution >= 0.6 is 46.3 Å². The number of thioether (sulfide) groups is 1. The summed E-state index contributed by atoms with van der Waals surface area (Å²) >= 11 is 14.5. The molecule has 0 unspecified atom stereocenters. The number of oxime groups is 1. The van der Waals surface area contributed by atoms with E-state index in [1.807, 2.05) is 59.8 Å². The van der Waals surface area contributed by atoms with Crippen LogP contribution in [0, 0.1) is 11.2 Å². The average molecular weight is 1080 g/mol. The number of thiazole rings is 1. The highest BCUT2D eigenvalue weighted by atomic mass is 35.5. The van der Waals surface area contributed by atoms with Crippen LogP contribution in [0.5, 0.6) is 5.75 Å². The number of aliphatic hydroxyl groups is 1. The molecular formula is C52H69Cl2FN6O9S2. The number of methoxy groups -OCH3 is 1. The second-order valence-corrected chi connectivity index (χ2v) is 18.8. The largest absolute Gasteiger partial charge is 0.497 e. The number of hydrogen-bond acceptors (Lipinski definition) is 14. The summed E-state index contributed by atoms with van der Waals surface area (Å²) in [6.45, 7) is 24.3. The van der Waals surface area contributed by atoms with Gasteiger partial charge in [-0.2, -0.15) is 0 Å². The molecule has 2 aromatic carbocycles. The predicted molar refractivity (Wildman–Crippen MR) is 291 cm³/mol. The van der Waals surface area contributed by atoms with Crippen molar-refractivity contribution in [2.75, 3.05) is 32.4 Å². The van der Waals surface area contributed by atoms with Gasteiger partial charge in [-0.1, -0.05) is 116 Å². The fraction of sp³-hybridized carbons (Fsp3) is 0.404. The lowest BCUT2D eigenvalue weighted by Crippen LogP contribution is -2.71. The molecule has 0 aliphatic carbocycles. The lowest BCUT2D eigenvalue weighted by Gasteiger charge is -2.49. The summed E-state index contributed by atoms with van der Waals surface area (Å²) < 4.78 is 29.3. The number of halogens is 3. The molecule has 1 saturated heterocycles. The molecule has 394 valence electrons. The minimum Gasteiger partial charge on any atom is -0.497 e. The number of benzene rings is 2. The van der Waals surface area contributed by atoms with Gasteiger partial charge in [0, 0.05) is 29.2 Å². The van der Waals surface area contributed by atoms with Crippen LogP contribution in [0.25, 0.3) is 0 Å². The number of nitrogens with one attached hydrogen (secondary N) is 3. The molecule has 0 saturated carbocycles. The minimum atomic E-state index is -0.964. The van der Waals surface area contributed by atoms with Crippen LogP contribution in [-0.4, -0.2) is 94.4 Å². The van der Waals surface area contributed by atoms with Crippen molar-refractivity contribution < 1.29 is 47.7 Å². The maximum absolute atomic E-state index is 13.3. The highest BCUT2D eigenvalue weighted by Crippen LogP contribution is 2.42. The molecular weight excluding hydrogens is 1010 g/mol. The van der Waals surface area contributed by atoms with E-state index in [-0.39, 0.29) is 39.0 Å². The van der Waals surface area contributed by atoms with E-state index >= 15 is 0 Å². The lowest BCUT2D eigenvalue weighted by atomic mass is 10.0. The van der Waals surface area contributed by atoms with E-state index in [2.05, 4.69) is 46.4 Å². The number of hydrogen-bond donors (Lipinski definition) is 4. The number of rotatable bonds is 15. The Morgan fingerprint density at radius 3 is 2.21 bits per heavy atom. The fourth-order valence-electron chi connectivity index (χ4n) is 6.33. The molecule has 2 atom stereocenters. The number of aliphatic hydroxyl groups excluding tert-OH is 1. The van der Waals surface area contributed by atoms with Gasteiger partial charge in [-0.05, 0) is 113 Å². The predicted octanol–water partition coefficient (Wildman–Crippen LogP) is 12.0. The van der Waals surface area contributed by atoms with Crippen molar-refractivity contribution in [3.05, 3.63) is 133 Å². The third kappa shape index (κ3) is 19.0. The maximum atomic E-state index is 13.3. The van der Waals surface area contributed by atoms with Crippen molar-refractivity contribution in [1.29, 1.82) is 5.41 Å². The molecule has 15 nitrogen and oxygen atoms in total. The second-order valence-electron chi connectivity index (χ2n) is 15.7. The monoisotopic (exact) mass is 1070 g/mol. The molecule has 72 heavy (non-hydrogen) atoms. The molecule has 3 aromatic rings. The number of fused-ring (bicyclic) bond motifs is 1.